The van der Waals surface area contributed by atoms with E-state index in [4.69, 9.17) is 4.74 Å². The van der Waals surface area contributed by atoms with Crippen LogP contribution >= 0.6 is 0 Å². The Hall–Kier alpha value is -2.47. The maximum atomic E-state index is 13.6. The van der Waals surface area contributed by atoms with Gasteiger partial charge in [0.05, 0.1) is 17.1 Å². The topological polar surface area (TPSA) is 72.6 Å². The van der Waals surface area contributed by atoms with Crippen LogP contribution in [0.1, 0.15) is 18.1 Å². The fourth-order valence-electron chi connectivity index (χ4n) is 1.92. The summed E-state index contributed by atoms with van der Waals surface area (Å²) in [5, 5.41) is 20.3. The molecule has 0 radical (unpaired) electrons. The highest BCUT2D eigenvalue weighted by Crippen LogP contribution is 2.34. The number of aryl methyl sites for hydroxylation is 1. The maximum Gasteiger partial charge on any atom is 0.311 e. The highest BCUT2D eigenvalue weighted by atomic mass is 19.1. The molecule has 0 aliphatic rings. The van der Waals surface area contributed by atoms with Crippen LogP contribution in [0, 0.1) is 15.9 Å². The summed E-state index contributed by atoms with van der Waals surface area (Å²) in [5.41, 5.74) is 0.574. The molecular formula is C15H14FNO4. The zero-order valence-electron chi connectivity index (χ0n) is 11.4. The van der Waals surface area contributed by atoms with Gasteiger partial charge >= 0.3 is 5.69 Å². The molecule has 110 valence electrons. The number of nitro groups is 1. The first-order chi connectivity index (χ1) is 10.1. The molecule has 0 saturated carbocycles. The molecule has 0 aromatic heterocycles. The van der Waals surface area contributed by atoms with E-state index < -0.39 is 17.3 Å². The lowest BCUT2D eigenvalue weighted by Crippen LogP contribution is -1.99. The van der Waals surface area contributed by atoms with Gasteiger partial charge in [-0.25, -0.2) is 4.39 Å². The summed E-state index contributed by atoms with van der Waals surface area (Å²) in [7, 11) is 0. The Bertz CT molecular complexity index is 673. The second kappa shape index (κ2) is 6.32. The van der Waals surface area contributed by atoms with Crippen molar-refractivity contribution < 1.29 is 19.2 Å². The standard InChI is InChI=1S/C15H14FNO4/c1-2-10-6-7-15(13(8-10)17(19)20)21-14-5-3-4-12(16)11(14)9-18/h3-8,18H,2,9H2,1H3. The number of nitrogens with zero attached hydrogens (tertiary/aromatic N) is 1. The number of hydrogen-bond donors (Lipinski definition) is 1. The van der Waals surface area contributed by atoms with E-state index in [-0.39, 0.29) is 22.7 Å². The van der Waals surface area contributed by atoms with Crippen molar-refractivity contribution in [1.29, 1.82) is 0 Å². The Balaban J connectivity index is 2.44. The van der Waals surface area contributed by atoms with Crippen molar-refractivity contribution in [3.63, 3.8) is 0 Å². The van der Waals surface area contributed by atoms with Crippen molar-refractivity contribution in [2.45, 2.75) is 20.0 Å². The first-order valence-electron chi connectivity index (χ1n) is 6.40. The largest absolute Gasteiger partial charge is 0.450 e. The molecule has 0 spiro atoms. The number of nitro benzene ring substituents is 1. The number of hydrogen-bond acceptors (Lipinski definition) is 4. The van der Waals surface area contributed by atoms with Gasteiger partial charge in [-0.05, 0) is 30.2 Å². The van der Waals surface area contributed by atoms with Gasteiger partial charge in [0.25, 0.3) is 0 Å². The van der Waals surface area contributed by atoms with Gasteiger partial charge in [-0.3, -0.25) is 10.1 Å². The van der Waals surface area contributed by atoms with Crippen molar-refractivity contribution in [3.05, 3.63) is 63.5 Å². The smallest absolute Gasteiger partial charge is 0.311 e. The van der Waals surface area contributed by atoms with E-state index in [1.807, 2.05) is 6.92 Å². The van der Waals surface area contributed by atoms with Gasteiger partial charge < -0.3 is 9.84 Å². The summed E-state index contributed by atoms with van der Waals surface area (Å²) in [6.45, 7) is 1.33. The minimum Gasteiger partial charge on any atom is -0.450 e. The van der Waals surface area contributed by atoms with Gasteiger partial charge in [-0.1, -0.05) is 19.1 Å². The molecule has 0 fully saturated rings. The Kier molecular flexibility index (Phi) is 4.49. The minimum atomic E-state index is -0.622. The van der Waals surface area contributed by atoms with Gasteiger partial charge in [0.1, 0.15) is 11.6 Å². The molecule has 6 heteroatoms. The Morgan fingerprint density at radius 2 is 2.05 bits per heavy atom. The van der Waals surface area contributed by atoms with Crippen LogP contribution in [-0.2, 0) is 13.0 Å². The molecule has 21 heavy (non-hydrogen) atoms. The lowest BCUT2D eigenvalue weighted by atomic mass is 10.1. The third-order valence-electron chi connectivity index (χ3n) is 3.08. The van der Waals surface area contributed by atoms with Crippen molar-refractivity contribution in [2.75, 3.05) is 0 Å². The predicted octanol–water partition coefficient (Wildman–Crippen LogP) is 3.58. The molecule has 0 saturated heterocycles. The van der Waals surface area contributed by atoms with Crippen molar-refractivity contribution in [3.8, 4) is 11.5 Å². The summed E-state index contributed by atoms with van der Waals surface area (Å²) in [6.07, 6.45) is 0.656. The van der Waals surface area contributed by atoms with Crippen molar-refractivity contribution in [1.82, 2.24) is 0 Å². The monoisotopic (exact) mass is 291 g/mol. The molecule has 5 nitrogen and oxygen atoms in total. The molecule has 0 amide bonds. The normalized spacial score (nSPS) is 10.4. The second-order valence-electron chi connectivity index (χ2n) is 4.39. The lowest BCUT2D eigenvalue weighted by molar-refractivity contribution is -0.385. The predicted molar refractivity (Wildman–Crippen MR) is 74.9 cm³/mol. The third kappa shape index (κ3) is 3.17. The molecule has 2 rings (SSSR count). The number of rotatable bonds is 5. The van der Waals surface area contributed by atoms with E-state index in [0.29, 0.717) is 6.42 Å². The van der Waals surface area contributed by atoms with Crippen LogP contribution in [0.3, 0.4) is 0 Å². The van der Waals surface area contributed by atoms with E-state index >= 15 is 0 Å². The highest BCUT2D eigenvalue weighted by Gasteiger charge is 2.18. The zero-order valence-corrected chi connectivity index (χ0v) is 11.4. The molecule has 0 aliphatic carbocycles. The molecule has 0 unspecified atom stereocenters. The summed E-state index contributed by atoms with van der Waals surface area (Å²) in [5.74, 6) is -0.551. The van der Waals surface area contributed by atoms with Crippen LogP contribution in [0.2, 0.25) is 0 Å². The van der Waals surface area contributed by atoms with Crippen LogP contribution in [0.15, 0.2) is 36.4 Å². The molecule has 0 bridgehead atoms. The second-order valence-corrected chi connectivity index (χ2v) is 4.39. The number of ether oxygens (including phenoxy) is 1. The molecular weight excluding hydrogens is 277 g/mol. The fourth-order valence-corrected chi connectivity index (χ4v) is 1.92. The van der Waals surface area contributed by atoms with E-state index in [0.717, 1.165) is 5.56 Å². The zero-order chi connectivity index (χ0) is 15.4. The van der Waals surface area contributed by atoms with Gasteiger partial charge in [0, 0.05) is 6.07 Å². The van der Waals surface area contributed by atoms with Crippen molar-refractivity contribution in [2.24, 2.45) is 0 Å². The average Bonchev–Trinajstić information content (AvgIpc) is 2.47. The fraction of sp³-hybridized carbons (Fsp3) is 0.200. The van der Waals surface area contributed by atoms with Gasteiger partial charge in [-0.15, -0.1) is 0 Å². The summed E-state index contributed by atoms with van der Waals surface area (Å²) >= 11 is 0. The molecule has 2 aromatic rings. The number of benzene rings is 2. The van der Waals surface area contributed by atoms with E-state index in [2.05, 4.69) is 0 Å². The van der Waals surface area contributed by atoms with Crippen molar-refractivity contribution >= 4 is 5.69 Å². The molecule has 0 heterocycles. The Morgan fingerprint density at radius 3 is 2.67 bits per heavy atom. The van der Waals surface area contributed by atoms with Gasteiger partial charge in [-0.2, -0.15) is 0 Å². The van der Waals surface area contributed by atoms with Crippen LogP contribution in [0.4, 0.5) is 10.1 Å². The van der Waals surface area contributed by atoms with Crippen LogP contribution in [-0.4, -0.2) is 10.0 Å². The maximum absolute atomic E-state index is 13.6. The van der Waals surface area contributed by atoms with Crippen LogP contribution in [0.25, 0.3) is 0 Å². The molecule has 2 aromatic carbocycles. The van der Waals surface area contributed by atoms with Gasteiger partial charge in [0.2, 0.25) is 5.75 Å². The quantitative estimate of drug-likeness (QED) is 0.675. The minimum absolute atomic E-state index is 0.0116. The van der Waals surface area contributed by atoms with Crippen LogP contribution < -0.4 is 4.74 Å². The Morgan fingerprint density at radius 1 is 1.29 bits per heavy atom. The molecule has 0 atom stereocenters. The SMILES string of the molecule is CCc1ccc(Oc2cccc(F)c2CO)c([N+](=O)[O-])c1. The third-order valence-corrected chi connectivity index (χ3v) is 3.08. The number of aliphatic hydroxyl groups is 1. The molecule has 1 N–H and O–H groups in total. The Labute approximate surface area is 120 Å². The number of aliphatic hydroxyl groups excluding tert-OH is 1. The van der Waals surface area contributed by atoms with E-state index in [1.54, 1.807) is 6.07 Å². The average molecular weight is 291 g/mol. The first kappa shape index (κ1) is 14.9. The van der Waals surface area contributed by atoms with E-state index in [9.17, 15) is 19.6 Å². The summed E-state index contributed by atoms with van der Waals surface area (Å²) < 4.78 is 19.0. The summed E-state index contributed by atoms with van der Waals surface area (Å²) in [6, 6.07) is 8.66. The number of halogens is 1. The van der Waals surface area contributed by atoms with E-state index in [1.165, 1.54) is 30.3 Å². The highest BCUT2D eigenvalue weighted by molar-refractivity contribution is 5.51. The molecule has 0 aliphatic heterocycles. The first-order valence-corrected chi connectivity index (χ1v) is 6.40. The lowest BCUT2D eigenvalue weighted by Gasteiger charge is -2.11. The van der Waals surface area contributed by atoms with Gasteiger partial charge in [0.15, 0.2) is 0 Å². The summed E-state index contributed by atoms with van der Waals surface area (Å²) in [4.78, 5) is 10.6. The van der Waals surface area contributed by atoms with Crippen LogP contribution in [0.5, 0.6) is 11.5 Å².